The van der Waals surface area contributed by atoms with Gasteiger partial charge in [-0.05, 0) is 18.4 Å². The van der Waals surface area contributed by atoms with Crippen LogP contribution in [0.1, 0.15) is 31.7 Å². The number of rotatable bonds is 4. The Balaban J connectivity index is 1.86. The first-order valence-corrected chi connectivity index (χ1v) is 7.94. The third-order valence-corrected chi connectivity index (χ3v) is 4.47. The van der Waals surface area contributed by atoms with Crippen molar-refractivity contribution in [3.05, 3.63) is 35.9 Å². The Kier molecular flexibility index (Phi) is 4.59. The minimum absolute atomic E-state index is 0.0817. The number of alkyl halides is 2. The number of fused-ring (bicyclic) bond motifs is 2. The van der Waals surface area contributed by atoms with Crippen LogP contribution >= 0.6 is 0 Å². The largest absolute Gasteiger partial charge is 0.457 e. The lowest BCUT2D eigenvalue weighted by Crippen LogP contribution is -2.71. The lowest BCUT2D eigenvalue weighted by Gasteiger charge is -2.52. The lowest BCUT2D eigenvalue weighted by molar-refractivity contribution is -0.420. The second-order valence-corrected chi connectivity index (χ2v) is 6.25. The van der Waals surface area contributed by atoms with Gasteiger partial charge in [-0.3, -0.25) is 4.79 Å². The molecule has 4 atom stereocenters. The Morgan fingerprint density at radius 3 is 2.75 bits per heavy atom. The highest BCUT2D eigenvalue weighted by Gasteiger charge is 2.69. The molecule has 0 saturated carbocycles. The second kappa shape index (κ2) is 6.38. The van der Waals surface area contributed by atoms with Crippen molar-refractivity contribution in [3.8, 4) is 0 Å². The maximum Gasteiger partial charge on any atom is 0.329 e. The van der Waals surface area contributed by atoms with Crippen LogP contribution in [-0.4, -0.2) is 41.1 Å². The van der Waals surface area contributed by atoms with Crippen LogP contribution in [0.4, 0.5) is 8.78 Å². The molecule has 2 bridgehead atoms. The van der Waals surface area contributed by atoms with Gasteiger partial charge in [-0.15, -0.1) is 0 Å². The molecule has 0 aliphatic carbocycles. The number of hydrogen-bond acceptors (Lipinski definition) is 5. The first kappa shape index (κ1) is 17.3. The summed E-state index contributed by atoms with van der Waals surface area (Å²) in [6.45, 7) is 1.07. The molecule has 0 aromatic heterocycles. The number of carbonyl (C=O) groups excluding carboxylic acids is 1. The van der Waals surface area contributed by atoms with Crippen LogP contribution in [0, 0.1) is 0 Å². The molecule has 1 aromatic carbocycles. The van der Waals surface area contributed by atoms with Crippen LogP contribution < -0.4 is 0 Å². The average molecular weight is 342 g/mol. The fraction of sp³-hybridized carbons (Fsp3) is 0.588. The van der Waals surface area contributed by atoms with Crippen LogP contribution in [0.15, 0.2) is 30.3 Å². The predicted octanol–water partition coefficient (Wildman–Crippen LogP) is 2.41. The predicted molar refractivity (Wildman–Crippen MR) is 79.2 cm³/mol. The zero-order chi connectivity index (χ0) is 17.4. The van der Waals surface area contributed by atoms with Crippen LogP contribution in [0.5, 0.6) is 0 Å². The van der Waals surface area contributed by atoms with E-state index in [9.17, 15) is 18.7 Å². The highest BCUT2D eigenvalue weighted by Crippen LogP contribution is 2.49. The van der Waals surface area contributed by atoms with Gasteiger partial charge in [0, 0.05) is 13.3 Å². The number of carbonyl (C=O) groups is 1. The van der Waals surface area contributed by atoms with E-state index in [1.54, 1.807) is 30.3 Å². The van der Waals surface area contributed by atoms with Crippen molar-refractivity contribution in [1.82, 2.24) is 0 Å². The third-order valence-electron chi connectivity index (χ3n) is 4.47. The summed E-state index contributed by atoms with van der Waals surface area (Å²) in [6, 6.07) is 8.84. The average Bonchev–Trinajstić information content (AvgIpc) is 2.53. The molecular weight excluding hydrogens is 322 g/mol. The van der Waals surface area contributed by atoms with Gasteiger partial charge in [0.25, 0.3) is 0 Å². The Hall–Kier alpha value is -1.57. The minimum atomic E-state index is -3.70. The molecule has 3 rings (SSSR count). The van der Waals surface area contributed by atoms with Crippen LogP contribution in [-0.2, 0) is 25.6 Å². The summed E-state index contributed by atoms with van der Waals surface area (Å²) in [4.78, 5) is 11.3. The standard InChI is InChI=1S/C17H20F2O5/c1-11(20)23-14-13-8-5-9-16(21,24-13)17(18,19)15(14)22-10-12-6-3-2-4-7-12/h2-4,6-7,13-15,21H,5,8-10H2,1H3/t13-,14-,15-,16+/m1/s1. The van der Waals surface area contributed by atoms with E-state index in [-0.39, 0.29) is 13.0 Å². The number of esters is 1. The molecule has 0 unspecified atom stereocenters. The molecule has 2 heterocycles. The molecule has 132 valence electrons. The van der Waals surface area contributed by atoms with E-state index < -0.39 is 36.0 Å². The Morgan fingerprint density at radius 1 is 1.38 bits per heavy atom. The van der Waals surface area contributed by atoms with Crippen LogP contribution in [0.25, 0.3) is 0 Å². The second-order valence-electron chi connectivity index (χ2n) is 6.25. The number of ether oxygens (including phenoxy) is 3. The SMILES string of the molecule is CC(=O)O[C@H]1[C@@H](OCc2ccccc2)C(F)(F)[C@]2(O)CCC[C@H]1O2. The van der Waals surface area contributed by atoms with Crippen molar-refractivity contribution in [3.63, 3.8) is 0 Å². The van der Waals surface area contributed by atoms with E-state index in [2.05, 4.69) is 0 Å². The first-order valence-electron chi connectivity index (χ1n) is 7.94. The van der Waals surface area contributed by atoms with Gasteiger partial charge >= 0.3 is 11.9 Å². The van der Waals surface area contributed by atoms with Gasteiger partial charge in [0.15, 0.2) is 12.2 Å². The number of hydrogen-bond donors (Lipinski definition) is 1. The number of halogens is 2. The van der Waals surface area contributed by atoms with Crippen molar-refractivity contribution in [2.24, 2.45) is 0 Å². The normalized spacial score (nSPS) is 34.6. The Morgan fingerprint density at radius 2 is 2.08 bits per heavy atom. The molecule has 1 N–H and O–H groups in total. The molecule has 2 fully saturated rings. The van der Waals surface area contributed by atoms with E-state index in [0.29, 0.717) is 18.4 Å². The summed E-state index contributed by atoms with van der Waals surface area (Å²) in [5.41, 5.74) is 0.707. The molecule has 2 aliphatic rings. The molecule has 5 nitrogen and oxygen atoms in total. The maximum absolute atomic E-state index is 14.8. The maximum atomic E-state index is 14.8. The quantitative estimate of drug-likeness (QED) is 0.852. The summed E-state index contributed by atoms with van der Waals surface area (Å²) in [5, 5.41) is 10.3. The molecule has 0 radical (unpaired) electrons. The van der Waals surface area contributed by atoms with Crippen molar-refractivity contribution in [2.75, 3.05) is 0 Å². The summed E-state index contributed by atoms with van der Waals surface area (Å²) in [7, 11) is 0. The fourth-order valence-corrected chi connectivity index (χ4v) is 3.30. The van der Waals surface area contributed by atoms with Gasteiger partial charge in [0.2, 0.25) is 5.79 Å². The zero-order valence-electron chi connectivity index (χ0n) is 13.3. The minimum Gasteiger partial charge on any atom is -0.457 e. The molecule has 1 aromatic rings. The molecule has 2 saturated heterocycles. The molecular formula is C17H20F2O5. The summed E-state index contributed by atoms with van der Waals surface area (Å²) >= 11 is 0. The summed E-state index contributed by atoms with van der Waals surface area (Å²) < 4.78 is 45.4. The molecule has 2 aliphatic heterocycles. The van der Waals surface area contributed by atoms with Gasteiger partial charge in [-0.25, -0.2) is 0 Å². The Labute approximate surface area is 138 Å². The fourth-order valence-electron chi connectivity index (χ4n) is 3.30. The smallest absolute Gasteiger partial charge is 0.329 e. The van der Waals surface area contributed by atoms with E-state index in [4.69, 9.17) is 14.2 Å². The van der Waals surface area contributed by atoms with E-state index >= 15 is 0 Å². The highest BCUT2D eigenvalue weighted by atomic mass is 19.3. The van der Waals surface area contributed by atoms with Gasteiger partial charge < -0.3 is 19.3 Å². The van der Waals surface area contributed by atoms with E-state index in [0.717, 1.165) is 6.92 Å². The van der Waals surface area contributed by atoms with Gasteiger partial charge in [-0.2, -0.15) is 8.78 Å². The van der Waals surface area contributed by atoms with Crippen LogP contribution in [0.3, 0.4) is 0 Å². The van der Waals surface area contributed by atoms with E-state index in [1.807, 2.05) is 0 Å². The van der Waals surface area contributed by atoms with Crippen molar-refractivity contribution >= 4 is 5.97 Å². The van der Waals surface area contributed by atoms with Crippen molar-refractivity contribution < 1.29 is 32.9 Å². The molecule has 24 heavy (non-hydrogen) atoms. The van der Waals surface area contributed by atoms with Crippen LogP contribution in [0.2, 0.25) is 0 Å². The van der Waals surface area contributed by atoms with Crippen molar-refractivity contribution in [1.29, 1.82) is 0 Å². The Bertz CT molecular complexity index is 594. The highest BCUT2D eigenvalue weighted by molar-refractivity contribution is 5.66. The topological polar surface area (TPSA) is 65.0 Å². The molecule has 7 heteroatoms. The number of aliphatic hydroxyl groups is 1. The summed E-state index contributed by atoms with van der Waals surface area (Å²) in [6.07, 6.45) is -3.25. The molecule has 0 spiro atoms. The summed E-state index contributed by atoms with van der Waals surface area (Å²) in [5.74, 6) is -6.98. The zero-order valence-corrected chi connectivity index (χ0v) is 13.3. The monoisotopic (exact) mass is 342 g/mol. The van der Waals surface area contributed by atoms with Gasteiger partial charge in [-0.1, -0.05) is 30.3 Å². The lowest BCUT2D eigenvalue weighted by atomic mass is 9.82. The van der Waals surface area contributed by atoms with E-state index in [1.165, 1.54) is 0 Å². The van der Waals surface area contributed by atoms with Crippen molar-refractivity contribution in [2.45, 2.75) is 62.8 Å². The van der Waals surface area contributed by atoms with Gasteiger partial charge in [0.1, 0.15) is 6.10 Å². The first-order chi connectivity index (χ1) is 11.3. The number of benzene rings is 1. The van der Waals surface area contributed by atoms with Gasteiger partial charge in [0.05, 0.1) is 6.61 Å². The molecule has 0 amide bonds. The third kappa shape index (κ3) is 3.03.